The van der Waals surface area contributed by atoms with Crippen LogP contribution in [0.1, 0.15) is 35.7 Å². The standard InChI is InChI=1S/C16H22N2O3/c1-3-17(9-10-19)16(21)13-11-12(2)6-7-14(13)18-8-4-5-15(18)20/h6-7,11,19H,3-5,8-10H2,1-2H3. The normalized spacial score (nSPS) is 14.6. The molecule has 1 saturated heterocycles. The summed E-state index contributed by atoms with van der Waals surface area (Å²) in [4.78, 5) is 27.9. The van der Waals surface area contributed by atoms with Crippen molar-refractivity contribution >= 4 is 17.5 Å². The van der Waals surface area contributed by atoms with E-state index in [0.29, 0.717) is 37.3 Å². The Labute approximate surface area is 125 Å². The summed E-state index contributed by atoms with van der Waals surface area (Å²) in [6.45, 7) is 5.23. The molecule has 5 heteroatoms. The zero-order valence-electron chi connectivity index (χ0n) is 12.6. The number of nitrogens with zero attached hydrogens (tertiary/aromatic N) is 2. The Morgan fingerprint density at radius 3 is 2.76 bits per heavy atom. The third-order valence-electron chi connectivity index (χ3n) is 3.79. The molecule has 0 saturated carbocycles. The van der Waals surface area contributed by atoms with Crippen LogP contribution in [-0.2, 0) is 4.79 Å². The van der Waals surface area contributed by atoms with Crippen molar-refractivity contribution in [3.8, 4) is 0 Å². The molecule has 0 aliphatic carbocycles. The van der Waals surface area contributed by atoms with E-state index in [1.807, 2.05) is 32.0 Å². The molecule has 0 unspecified atom stereocenters. The number of carbonyl (C=O) groups is 2. The van der Waals surface area contributed by atoms with E-state index in [1.54, 1.807) is 9.80 Å². The minimum atomic E-state index is -0.134. The molecule has 1 aliphatic heterocycles. The first kappa shape index (κ1) is 15.5. The minimum Gasteiger partial charge on any atom is -0.395 e. The predicted molar refractivity (Wildman–Crippen MR) is 81.4 cm³/mol. The molecule has 1 fully saturated rings. The summed E-state index contributed by atoms with van der Waals surface area (Å²) >= 11 is 0. The highest BCUT2D eigenvalue weighted by Gasteiger charge is 2.27. The fourth-order valence-corrected chi connectivity index (χ4v) is 2.65. The van der Waals surface area contributed by atoms with Crippen molar-refractivity contribution in [2.45, 2.75) is 26.7 Å². The number of aryl methyl sites for hydroxylation is 1. The molecule has 2 rings (SSSR count). The first-order valence-electron chi connectivity index (χ1n) is 7.39. The summed E-state index contributed by atoms with van der Waals surface area (Å²) in [5.74, 6) is -0.0666. The van der Waals surface area contributed by atoms with Crippen LogP contribution in [0.4, 0.5) is 5.69 Å². The smallest absolute Gasteiger partial charge is 0.256 e. The summed E-state index contributed by atoms with van der Waals surface area (Å²) in [6, 6.07) is 5.59. The fourth-order valence-electron chi connectivity index (χ4n) is 2.65. The first-order chi connectivity index (χ1) is 10.1. The van der Waals surface area contributed by atoms with Crippen molar-refractivity contribution in [3.63, 3.8) is 0 Å². The lowest BCUT2D eigenvalue weighted by atomic mass is 10.1. The molecule has 21 heavy (non-hydrogen) atoms. The third-order valence-corrected chi connectivity index (χ3v) is 3.79. The molecule has 0 atom stereocenters. The van der Waals surface area contributed by atoms with Gasteiger partial charge in [-0.05, 0) is 32.4 Å². The van der Waals surface area contributed by atoms with Crippen molar-refractivity contribution in [1.82, 2.24) is 4.90 Å². The second-order valence-corrected chi connectivity index (χ2v) is 5.28. The van der Waals surface area contributed by atoms with Gasteiger partial charge in [-0.15, -0.1) is 0 Å². The average molecular weight is 290 g/mol. The van der Waals surface area contributed by atoms with Gasteiger partial charge in [0.05, 0.1) is 17.9 Å². The summed E-state index contributed by atoms with van der Waals surface area (Å²) in [5, 5.41) is 9.08. The van der Waals surface area contributed by atoms with E-state index in [2.05, 4.69) is 0 Å². The van der Waals surface area contributed by atoms with E-state index in [4.69, 9.17) is 5.11 Å². The highest BCUT2D eigenvalue weighted by atomic mass is 16.3. The van der Waals surface area contributed by atoms with Gasteiger partial charge in [0.1, 0.15) is 0 Å². The van der Waals surface area contributed by atoms with Crippen LogP contribution in [0.15, 0.2) is 18.2 Å². The average Bonchev–Trinajstić information content (AvgIpc) is 2.90. The lowest BCUT2D eigenvalue weighted by Crippen LogP contribution is -2.35. The maximum absolute atomic E-state index is 12.7. The van der Waals surface area contributed by atoms with Gasteiger partial charge >= 0.3 is 0 Å². The number of likely N-dealkylation sites (N-methyl/N-ethyl adjacent to an activating group) is 1. The largest absolute Gasteiger partial charge is 0.395 e. The van der Waals surface area contributed by atoms with Crippen LogP contribution in [0.2, 0.25) is 0 Å². The second kappa shape index (κ2) is 6.72. The molecule has 5 nitrogen and oxygen atoms in total. The zero-order valence-corrected chi connectivity index (χ0v) is 12.6. The van der Waals surface area contributed by atoms with Crippen LogP contribution in [0, 0.1) is 6.92 Å². The van der Waals surface area contributed by atoms with Gasteiger partial charge in [-0.25, -0.2) is 0 Å². The molecule has 0 spiro atoms. The number of rotatable bonds is 5. The van der Waals surface area contributed by atoms with Gasteiger partial charge < -0.3 is 14.9 Å². The van der Waals surface area contributed by atoms with Gasteiger partial charge in [0.15, 0.2) is 0 Å². The van der Waals surface area contributed by atoms with Crippen molar-refractivity contribution < 1.29 is 14.7 Å². The SMILES string of the molecule is CCN(CCO)C(=O)c1cc(C)ccc1N1CCCC1=O. The van der Waals surface area contributed by atoms with Crippen LogP contribution < -0.4 is 4.90 Å². The number of amides is 2. The molecule has 114 valence electrons. The van der Waals surface area contributed by atoms with E-state index in [1.165, 1.54) is 0 Å². The number of hydrogen-bond acceptors (Lipinski definition) is 3. The van der Waals surface area contributed by atoms with Gasteiger partial charge in [-0.1, -0.05) is 11.6 Å². The van der Waals surface area contributed by atoms with Crippen molar-refractivity contribution in [1.29, 1.82) is 0 Å². The number of aliphatic hydroxyl groups excluding tert-OH is 1. The van der Waals surface area contributed by atoms with Crippen molar-refractivity contribution in [3.05, 3.63) is 29.3 Å². The lowest BCUT2D eigenvalue weighted by molar-refractivity contribution is -0.117. The molecule has 1 aliphatic rings. The molecular weight excluding hydrogens is 268 g/mol. The number of benzene rings is 1. The molecule has 1 heterocycles. The highest BCUT2D eigenvalue weighted by molar-refractivity contribution is 6.05. The molecule has 1 aromatic carbocycles. The minimum absolute atomic E-state index is 0.0661. The van der Waals surface area contributed by atoms with E-state index in [0.717, 1.165) is 12.0 Å². The summed E-state index contributed by atoms with van der Waals surface area (Å²) in [5.41, 5.74) is 2.21. The molecule has 1 aromatic rings. The zero-order chi connectivity index (χ0) is 15.4. The Balaban J connectivity index is 2.39. The van der Waals surface area contributed by atoms with Gasteiger partial charge in [0.2, 0.25) is 5.91 Å². The van der Waals surface area contributed by atoms with Gasteiger partial charge in [-0.2, -0.15) is 0 Å². The Bertz CT molecular complexity index is 542. The van der Waals surface area contributed by atoms with Crippen LogP contribution >= 0.6 is 0 Å². The predicted octanol–water partition coefficient (Wildman–Crippen LogP) is 1.58. The van der Waals surface area contributed by atoms with E-state index >= 15 is 0 Å². The molecule has 1 N–H and O–H groups in total. The summed E-state index contributed by atoms with van der Waals surface area (Å²) in [6.07, 6.45) is 1.37. The van der Waals surface area contributed by atoms with Gasteiger partial charge in [-0.3, -0.25) is 9.59 Å². The number of carbonyl (C=O) groups excluding carboxylic acids is 2. The molecule has 2 amide bonds. The third kappa shape index (κ3) is 3.24. The van der Waals surface area contributed by atoms with Crippen molar-refractivity contribution in [2.75, 3.05) is 31.1 Å². The Hall–Kier alpha value is -1.88. The van der Waals surface area contributed by atoms with Gasteiger partial charge in [0.25, 0.3) is 5.91 Å². The summed E-state index contributed by atoms with van der Waals surface area (Å²) in [7, 11) is 0. The van der Waals surface area contributed by atoms with Crippen molar-refractivity contribution in [2.24, 2.45) is 0 Å². The van der Waals surface area contributed by atoms with E-state index < -0.39 is 0 Å². The number of aliphatic hydroxyl groups is 1. The van der Waals surface area contributed by atoms with Gasteiger partial charge in [0, 0.05) is 26.1 Å². The lowest BCUT2D eigenvalue weighted by Gasteiger charge is -2.24. The monoisotopic (exact) mass is 290 g/mol. The van der Waals surface area contributed by atoms with E-state index in [9.17, 15) is 9.59 Å². The Morgan fingerprint density at radius 1 is 1.43 bits per heavy atom. The Kier molecular flexibility index (Phi) is 4.96. The van der Waals surface area contributed by atoms with Crippen LogP contribution in [-0.4, -0.2) is 48.1 Å². The second-order valence-electron chi connectivity index (χ2n) is 5.28. The maximum Gasteiger partial charge on any atom is 0.256 e. The maximum atomic E-state index is 12.7. The van der Waals surface area contributed by atoms with Crippen LogP contribution in [0.25, 0.3) is 0 Å². The molecule has 0 radical (unpaired) electrons. The van der Waals surface area contributed by atoms with E-state index in [-0.39, 0.29) is 18.4 Å². The number of anilines is 1. The molecule has 0 aromatic heterocycles. The highest BCUT2D eigenvalue weighted by Crippen LogP contribution is 2.27. The van der Waals surface area contributed by atoms with Crippen LogP contribution in [0.5, 0.6) is 0 Å². The Morgan fingerprint density at radius 2 is 2.19 bits per heavy atom. The summed E-state index contributed by atoms with van der Waals surface area (Å²) < 4.78 is 0. The molecular formula is C16H22N2O3. The quantitative estimate of drug-likeness (QED) is 0.895. The first-order valence-corrected chi connectivity index (χ1v) is 7.39. The number of hydrogen-bond donors (Lipinski definition) is 1. The fraction of sp³-hybridized carbons (Fsp3) is 0.500. The molecule has 0 bridgehead atoms. The topological polar surface area (TPSA) is 60.9 Å². The van der Waals surface area contributed by atoms with Crippen LogP contribution in [0.3, 0.4) is 0 Å².